The van der Waals surface area contributed by atoms with E-state index in [2.05, 4.69) is 68.4 Å². The van der Waals surface area contributed by atoms with Crippen LogP contribution in [0.4, 0.5) is 0 Å². The van der Waals surface area contributed by atoms with Crippen molar-refractivity contribution >= 4 is 0 Å². The lowest BCUT2D eigenvalue weighted by Gasteiger charge is -2.12. The van der Waals surface area contributed by atoms with Crippen LogP contribution in [0, 0.1) is 0 Å². The van der Waals surface area contributed by atoms with Crippen LogP contribution in [-0.2, 0) is 0 Å². The smallest absolute Gasteiger partial charge is 0.0149 e. The van der Waals surface area contributed by atoms with E-state index in [9.17, 15) is 0 Å². The van der Waals surface area contributed by atoms with Crippen molar-refractivity contribution in [2.75, 3.05) is 0 Å². The molecule has 0 saturated carbocycles. The highest BCUT2D eigenvalue weighted by atomic mass is 14.1. The molecule has 2 aromatic rings. The molecule has 0 saturated heterocycles. The summed E-state index contributed by atoms with van der Waals surface area (Å²) >= 11 is 0. The Morgan fingerprint density at radius 3 is 1.94 bits per heavy atom. The second-order valence-corrected chi connectivity index (χ2v) is 4.11. The van der Waals surface area contributed by atoms with Crippen LogP contribution < -0.4 is 0 Å². The van der Waals surface area contributed by atoms with E-state index in [-0.39, 0.29) is 7.43 Å². The predicted octanol–water partition coefficient (Wildman–Crippen LogP) is 5.11. The second-order valence-electron chi connectivity index (χ2n) is 4.11. The van der Waals surface area contributed by atoms with Gasteiger partial charge < -0.3 is 0 Å². The Balaban J connectivity index is 0.00000128. The summed E-state index contributed by atoms with van der Waals surface area (Å²) in [5, 5.41) is 0. The first-order valence-electron chi connectivity index (χ1n) is 5.43. The molecule has 0 unspecified atom stereocenters. The lowest BCUT2D eigenvalue weighted by Crippen LogP contribution is -1.91. The monoisotopic (exact) mass is 212 g/mol. The van der Waals surface area contributed by atoms with E-state index in [4.69, 9.17) is 0 Å². The van der Waals surface area contributed by atoms with Crippen LogP contribution >= 0.6 is 0 Å². The third kappa shape index (κ3) is 2.52. The number of hydrogen-bond donors (Lipinski definition) is 0. The van der Waals surface area contributed by atoms with Gasteiger partial charge >= 0.3 is 0 Å². The molecule has 0 aliphatic carbocycles. The summed E-state index contributed by atoms with van der Waals surface area (Å²) in [6, 6.07) is 19.2. The predicted molar refractivity (Wildman–Crippen MR) is 72.7 cm³/mol. The summed E-state index contributed by atoms with van der Waals surface area (Å²) in [6.45, 7) is 4.48. The minimum absolute atomic E-state index is 0. The zero-order chi connectivity index (χ0) is 10.7. The summed E-state index contributed by atoms with van der Waals surface area (Å²) in [5.74, 6) is 0.571. The Labute approximate surface area is 99.0 Å². The van der Waals surface area contributed by atoms with Crippen molar-refractivity contribution in [3.05, 3.63) is 60.2 Å². The van der Waals surface area contributed by atoms with Crippen LogP contribution in [0.5, 0.6) is 0 Å². The van der Waals surface area contributed by atoms with Crippen molar-refractivity contribution in [3.63, 3.8) is 0 Å². The molecule has 0 heteroatoms. The molecular formula is C16H20. The minimum atomic E-state index is 0. The van der Waals surface area contributed by atoms with E-state index in [0.717, 1.165) is 0 Å². The highest BCUT2D eigenvalue weighted by Crippen LogP contribution is 2.28. The van der Waals surface area contributed by atoms with E-state index < -0.39 is 0 Å². The van der Waals surface area contributed by atoms with E-state index in [1.165, 1.54) is 16.7 Å². The molecule has 0 N–H and O–H groups in total. The molecule has 0 aromatic heterocycles. The molecular weight excluding hydrogens is 192 g/mol. The first kappa shape index (κ1) is 12.5. The molecule has 0 aliphatic rings. The van der Waals surface area contributed by atoms with Gasteiger partial charge in [-0.3, -0.25) is 0 Å². The second kappa shape index (κ2) is 5.50. The average molecular weight is 212 g/mol. The normalized spacial score (nSPS) is 9.94. The van der Waals surface area contributed by atoms with Gasteiger partial charge in [0.25, 0.3) is 0 Å². The third-order valence-electron chi connectivity index (χ3n) is 2.67. The van der Waals surface area contributed by atoms with Crippen molar-refractivity contribution in [3.8, 4) is 11.1 Å². The zero-order valence-corrected chi connectivity index (χ0v) is 9.27. The van der Waals surface area contributed by atoms with Gasteiger partial charge in [0.2, 0.25) is 0 Å². The zero-order valence-electron chi connectivity index (χ0n) is 9.27. The summed E-state index contributed by atoms with van der Waals surface area (Å²) in [7, 11) is 0. The fourth-order valence-corrected chi connectivity index (χ4v) is 1.88. The van der Waals surface area contributed by atoms with Gasteiger partial charge in [-0.05, 0) is 22.6 Å². The Hall–Kier alpha value is -1.56. The van der Waals surface area contributed by atoms with E-state index in [1.54, 1.807) is 0 Å². The molecule has 0 spiro atoms. The van der Waals surface area contributed by atoms with Crippen molar-refractivity contribution < 1.29 is 0 Å². The molecule has 2 rings (SSSR count). The van der Waals surface area contributed by atoms with Gasteiger partial charge in [0.05, 0.1) is 0 Å². The van der Waals surface area contributed by atoms with E-state index >= 15 is 0 Å². The Morgan fingerprint density at radius 2 is 1.31 bits per heavy atom. The van der Waals surface area contributed by atoms with Crippen LogP contribution in [-0.4, -0.2) is 0 Å². The number of rotatable bonds is 2. The van der Waals surface area contributed by atoms with Crippen LogP contribution in [0.15, 0.2) is 54.6 Å². The third-order valence-corrected chi connectivity index (χ3v) is 2.67. The van der Waals surface area contributed by atoms with Gasteiger partial charge in [-0.25, -0.2) is 0 Å². The summed E-state index contributed by atoms with van der Waals surface area (Å²) in [6.07, 6.45) is 0. The molecule has 16 heavy (non-hydrogen) atoms. The molecule has 0 nitrogen and oxygen atoms in total. The molecule has 0 aliphatic heterocycles. The van der Waals surface area contributed by atoms with Gasteiger partial charge in [0.15, 0.2) is 0 Å². The Kier molecular flexibility index (Phi) is 4.30. The number of hydrogen-bond acceptors (Lipinski definition) is 0. The van der Waals surface area contributed by atoms with Crippen molar-refractivity contribution in [1.29, 1.82) is 0 Å². The van der Waals surface area contributed by atoms with Gasteiger partial charge in [-0.1, -0.05) is 75.9 Å². The average Bonchev–Trinajstić information content (AvgIpc) is 2.30. The van der Waals surface area contributed by atoms with Crippen molar-refractivity contribution in [1.82, 2.24) is 0 Å². The summed E-state index contributed by atoms with van der Waals surface area (Å²) < 4.78 is 0. The molecule has 2 aromatic carbocycles. The van der Waals surface area contributed by atoms with E-state index in [1.807, 2.05) is 0 Å². The standard InChI is InChI=1S/C15H16.CH4/c1-12(2)14-10-6-7-11-15(14)13-8-4-3-5-9-13;/h3-12H,1-2H3;1H4. The summed E-state index contributed by atoms with van der Waals surface area (Å²) in [5.41, 5.74) is 4.08. The first-order valence-corrected chi connectivity index (χ1v) is 5.43. The largest absolute Gasteiger partial charge is 0.0776 e. The highest BCUT2D eigenvalue weighted by molar-refractivity contribution is 5.67. The molecule has 0 amide bonds. The summed E-state index contributed by atoms with van der Waals surface area (Å²) in [4.78, 5) is 0. The van der Waals surface area contributed by atoms with Gasteiger partial charge in [0.1, 0.15) is 0 Å². The first-order chi connectivity index (χ1) is 7.29. The van der Waals surface area contributed by atoms with Crippen LogP contribution in [0.3, 0.4) is 0 Å². The van der Waals surface area contributed by atoms with E-state index in [0.29, 0.717) is 5.92 Å². The molecule has 0 fully saturated rings. The van der Waals surface area contributed by atoms with Crippen LogP contribution in [0.2, 0.25) is 0 Å². The Bertz CT molecular complexity index is 427. The maximum atomic E-state index is 2.24. The lowest BCUT2D eigenvalue weighted by atomic mass is 9.93. The lowest BCUT2D eigenvalue weighted by molar-refractivity contribution is 0.869. The highest BCUT2D eigenvalue weighted by Gasteiger charge is 2.06. The number of benzene rings is 2. The quantitative estimate of drug-likeness (QED) is 0.648. The molecule has 84 valence electrons. The van der Waals surface area contributed by atoms with Crippen LogP contribution in [0.1, 0.15) is 32.8 Å². The maximum Gasteiger partial charge on any atom is -0.0149 e. The topological polar surface area (TPSA) is 0 Å². The molecule has 0 radical (unpaired) electrons. The van der Waals surface area contributed by atoms with Crippen molar-refractivity contribution in [2.24, 2.45) is 0 Å². The fourth-order valence-electron chi connectivity index (χ4n) is 1.88. The SMILES string of the molecule is C.CC(C)c1ccccc1-c1ccccc1. The van der Waals surface area contributed by atoms with Gasteiger partial charge in [0, 0.05) is 0 Å². The van der Waals surface area contributed by atoms with Gasteiger partial charge in [-0.2, -0.15) is 0 Å². The fraction of sp³-hybridized carbons (Fsp3) is 0.250. The van der Waals surface area contributed by atoms with Gasteiger partial charge in [-0.15, -0.1) is 0 Å². The molecule has 0 atom stereocenters. The minimum Gasteiger partial charge on any atom is -0.0776 e. The van der Waals surface area contributed by atoms with Crippen LogP contribution in [0.25, 0.3) is 11.1 Å². The Morgan fingerprint density at radius 1 is 0.750 bits per heavy atom. The molecule has 0 heterocycles. The molecule has 0 bridgehead atoms. The van der Waals surface area contributed by atoms with Crippen molar-refractivity contribution in [2.45, 2.75) is 27.2 Å². The maximum absolute atomic E-state index is 2.24.